The number of carbonyl (C=O) groups excluding carboxylic acids is 1. The van der Waals surface area contributed by atoms with Gasteiger partial charge < -0.3 is 4.90 Å². The minimum Gasteiger partial charge on any atom is -0.300 e. The number of hydrogen-bond acceptors (Lipinski definition) is 2. The second-order valence-electron chi connectivity index (χ2n) is 2.41. The van der Waals surface area contributed by atoms with Crippen LogP contribution < -0.4 is 4.90 Å². The van der Waals surface area contributed by atoms with Crippen molar-refractivity contribution in [2.75, 3.05) is 11.9 Å². The van der Waals surface area contributed by atoms with E-state index in [1.807, 2.05) is 6.07 Å². The van der Waals surface area contributed by atoms with E-state index >= 15 is 0 Å². The maximum absolute atomic E-state index is 10.9. The highest BCUT2D eigenvalue weighted by Gasteiger charge is 2.05. The van der Waals surface area contributed by atoms with Gasteiger partial charge in [0.1, 0.15) is 5.82 Å². The largest absolute Gasteiger partial charge is 0.300 e. The summed E-state index contributed by atoms with van der Waals surface area (Å²) in [5.41, 5.74) is 0. The first-order chi connectivity index (χ1) is 5.61. The Morgan fingerprint density at radius 3 is 2.67 bits per heavy atom. The average Bonchev–Trinajstić information content (AvgIpc) is 2.04. The number of nitrogens with zero attached hydrogens (tertiary/aromatic N) is 2. The van der Waals surface area contributed by atoms with Crippen LogP contribution in [0.25, 0.3) is 0 Å². The Hall–Kier alpha value is -0.900. The van der Waals surface area contributed by atoms with E-state index in [1.54, 1.807) is 19.3 Å². The van der Waals surface area contributed by atoms with Gasteiger partial charge in [-0.3, -0.25) is 4.79 Å². The minimum atomic E-state index is -0.0233. The Balaban J connectivity index is 2.89. The van der Waals surface area contributed by atoms with Crippen LogP contribution in [0.4, 0.5) is 5.82 Å². The summed E-state index contributed by atoms with van der Waals surface area (Å²) >= 11 is 3.27. The zero-order valence-electron chi connectivity index (χ0n) is 6.91. The van der Waals surface area contributed by atoms with E-state index in [4.69, 9.17) is 0 Å². The van der Waals surface area contributed by atoms with Crippen molar-refractivity contribution in [2.45, 2.75) is 6.92 Å². The Labute approximate surface area is 79.5 Å². The van der Waals surface area contributed by atoms with Gasteiger partial charge in [-0.1, -0.05) is 0 Å². The van der Waals surface area contributed by atoms with Gasteiger partial charge in [0, 0.05) is 24.6 Å². The molecule has 0 fully saturated rings. The molecule has 1 aromatic rings. The van der Waals surface area contributed by atoms with Crippen LogP contribution in [0.2, 0.25) is 0 Å². The number of pyridine rings is 1. The Morgan fingerprint density at radius 1 is 1.58 bits per heavy atom. The van der Waals surface area contributed by atoms with Crippen molar-refractivity contribution in [2.24, 2.45) is 0 Å². The monoisotopic (exact) mass is 228 g/mol. The predicted molar refractivity (Wildman–Crippen MR) is 51.0 cm³/mol. The van der Waals surface area contributed by atoms with Crippen molar-refractivity contribution in [3.63, 3.8) is 0 Å². The van der Waals surface area contributed by atoms with Crippen LogP contribution in [-0.2, 0) is 4.79 Å². The molecule has 0 aliphatic carbocycles. The number of anilines is 1. The van der Waals surface area contributed by atoms with E-state index < -0.39 is 0 Å². The third kappa shape index (κ3) is 2.04. The zero-order valence-corrected chi connectivity index (χ0v) is 8.50. The topological polar surface area (TPSA) is 33.2 Å². The molecule has 3 nitrogen and oxygen atoms in total. The molecule has 1 rings (SSSR count). The first kappa shape index (κ1) is 9.19. The van der Waals surface area contributed by atoms with E-state index in [0.29, 0.717) is 5.82 Å². The fraction of sp³-hybridized carbons (Fsp3) is 0.250. The van der Waals surface area contributed by atoms with Gasteiger partial charge >= 0.3 is 0 Å². The second-order valence-corrected chi connectivity index (χ2v) is 3.33. The summed E-state index contributed by atoms with van der Waals surface area (Å²) in [6.45, 7) is 1.50. The summed E-state index contributed by atoms with van der Waals surface area (Å²) in [5, 5.41) is 0. The molecular weight excluding hydrogens is 220 g/mol. The van der Waals surface area contributed by atoms with Crippen molar-refractivity contribution in [1.82, 2.24) is 4.98 Å². The van der Waals surface area contributed by atoms with Gasteiger partial charge in [0.15, 0.2) is 0 Å². The van der Waals surface area contributed by atoms with Crippen LogP contribution in [0.1, 0.15) is 6.92 Å². The molecule has 0 spiro atoms. The number of halogens is 1. The predicted octanol–water partition coefficient (Wildman–Crippen LogP) is 1.83. The lowest BCUT2D eigenvalue weighted by molar-refractivity contribution is -0.116. The molecule has 0 aliphatic rings. The number of amides is 1. The highest BCUT2D eigenvalue weighted by Crippen LogP contribution is 2.13. The standard InChI is InChI=1S/C8H9BrN2O/c1-6(12)11(2)8-4-3-7(9)5-10-8/h3-5H,1-2H3. The molecule has 4 heteroatoms. The van der Waals surface area contributed by atoms with E-state index in [9.17, 15) is 4.79 Å². The van der Waals surface area contributed by atoms with Gasteiger partial charge in [-0.15, -0.1) is 0 Å². The van der Waals surface area contributed by atoms with Gasteiger partial charge in [-0.25, -0.2) is 4.98 Å². The summed E-state index contributed by atoms with van der Waals surface area (Å²) in [5.74, 6) is 0.635. The molecule has 64 valence electrons. The lowest BCUT2D eigenvalue weighted by atomic mass is 10.4. The number of aromatic nitrogens is 1. The van der Waals surface area contributed by atoms with Crippen LogP contribution in [-0.4, -0.2) is 17.9 Å². The van der Waals surface area contributed by atoms with Crippen molar-refractivity contribution >= 4 is 27.7 Å². The van der Waals surface area contributed by atoms with Crippen molar-refractivity contribution in [3.8, 4) is 0 Å². The van der Waals surface area contributed by atoms with E-state index in [-0.39, 0.29) is 5.91 Å². The molecule has 0 radical (unpaired) electrons. The SMILES string of the molecule is CC(=O)N(C)c1ccc(Br)cn1. The molecule has 0 bridgehead atoms. The molecule has 12 heavy (non-hydrogen) atoms. The molecule has 1 heterocycles. The fourth-order valence-electron chi connectivity index (χ4n) is 0.728. The average molecular weight is 229 g/mol. The highest BCUT2D eigenvalue weighted by atomic mass is 79.9. The van der Waals surface area contributed by atoms with Gasteiger partial charge in [0.25, 0.3) is 0 Å². The fourth-order valence-corrected chi connectivity index (χ4v) is 0.962. The van der Waals surface area contributed by atoms with Crippen molar-refractivity contribution in [3.05, 3.63) is 22.8 Å². The molecule has 1 amide bonds. The van der Waals surface area contributed by atoms with Crippen LogP contribution in [0.15, 0.2) is 22.8 Å². The summed E-state index contributed by atoms with van der Waals surface area (Å²) < 4.78 is 0.906. The molecule has 0 saturated heterocycles. The van der Waals surface area contributed by atoms with Gasteiger partial charge in [0.05, 0.1) is 0 Å². The van der Waals surface area contributed by atoms with Crippen molar-refractivity contribution < 1.29 is 4.79 Å². The highest BCUT2D eigenvalue weighted by molar-refractivity contribution is 9.10. The quantitative estimate of drug-likeness (QED) is 0.735. The smallest absolute Gasteiger partial charge is 0.224 e. The third-order valence-electron chi connectivity index (χ3n) is 1.53. The second kappa shape index (κ2) is 3.67. The zero-order chi connectivity index (χ0) is 9.14. The molecule has 0 aromatic carbocycles. The summed E-state index contributed by atoms with van der Waals surface area (Å²) in [4.78, 5) is 16.5. The molecule has 0 saturated carbocycles. The van der Waals surface area contributed by atoms with E-state index in [2.05, 4.69) is 20.9 Å². The maximum atomic E-state index is 10.9. The van der Waals surface area contributed by atoms with Crippen molar-refractivity contribution in [1.29, 1.82) is 0 Å². The lowest BCUT2D eigenvalue weighted by Gasteiger charge is -2.12. The Bertz CT molecular complexity index is 284. The van der Waals surface area contributed by atoms with Crippen LogP contribution in [0.3, 0.4) is 0 Å². The molecule has 0 aliphatic heterocycles. The minimum absolute atomic E-state index is 0.0233. The molecule has 0 unspecified atom stereocenters. The molecule has 0 N–H and O–H groups in total. The van der Waals surface area contributed by atoms with E-state index in [1.165, 1.54) is 11.8 Å². The first-order valence-electron chi connectivity index (χ1n) is 3.47. The summed E-state index contributed by atoms with van der Waals surface area (Å²) in [6.07, 6.45) is 1.66. The Kier molecular flexibility index (Phi) is 2.81. The van der Waals surface area contributed by atoms with E-state index in [0.717, 1.165) is 4.47 Å². The van der Waals surface area contributed by atoms with Crippen LogP contribution >= 0.6 is 15.9 Å². The number of hydrogen-bond donors (Lipinski definition) is 0. The summed E-state index contributed by atoms with van der Waals surface area (Å²) in [6, 6.07) is 3.63. The van der Waals surface area contributed by atoms with Gasteiger partial charge in [-0.05, 0) is 28.1 Å². The maximum Gasteiger partial charge on any atom is 0.224 e. The van der Waals surface area contributed by atoms with Crippen LogP contribution in [0, 0.1) is 0 Å². The molecular formula is C8H9BrN2O. The summed E-state index contributed by atoms with van der Waals surface area (Å²) in [7, 11) is 1.69. The third-order valence-corrected chi connectivity index (χ3v) is 2.00. The number of carbonyl (C=O) groups is 1. The Morgan fingerprint density at radius 2 is 2.25 bits per heavy atom. The first-order valence-corrected chi connectivity index (χ1v) is 4.26. The van der Waals surface area contributed by atoms with Gasteiger partial charge in [0.2, 0.25) is 5.91 Å². The normalized spacial score (nSPS) is 9.58. The van der Waals surface area contributed by atoms with Crippen LogP contribution in [0.5, 0.6) is 0 Å². The number of rotatable bonds is 1. The lowest BCUT2D eigenvalue weighted by Crippen LogP contribution is -2.23. The molecule has 0 atom stereocenters. The molecule has 1 aromatic heterocycles. The van der Waals surface area contributed by atoms with Gasteiger partial charge in [-0.2, -0.15) is 0 Å².